The molecule has 0 saturated heterocycles. The molecular formula is C26H30N2O4. The largest absolute Gasteiger partial charge is 0.492 e. The number of rotatable bonds is 13. The number of carbonyl (C=O) groups is 1. The summed E-state index contributed by atoms with van der Waals surface area (Å²) in [5, 5.41) is 10.5. The Morgan fingerprint density at radius 3 is 2.12 bits per heavy atom. The van der Waals surface area contributed by atoms with E-state index in [2.05, 4.69) is 17.0 Å². The van der Waals surface area contributed by atoms with Crippen LogP contribution in [0.3, 0.4) is 0 Å². The van der Waals surface area contributed by atoms with Crippen LogP contribution in [0.5, 0.6) is 11.5 Å². The number of nitrogens with zero attached hydrogens (tertiary/aromatic N) is 1. The molecule has 3 rings (SSSR count). The Labute approximate surface area is 189 Å². The fraction of sp³-hybridized carbons (Fsp3) is 0.269. The second-order valence-corrected chi connectivity index (χ2v) is 7.63. The zero-order chi connectivity index (χ0) is 22.6. The summed E-state index contributed by atoms with van der Waals surface area (Å²) in [6, 6.07) is 27.0. The van der Waals surface area contributed by atoms with Gasteiger partial charge in [-0.1, -0.05) is 60.7 Å². The van der Waals surface area contributed by atoms with Crippen molar-refractivity contribution in [2.24, 2.45) is 5.73 Å². The monoisotopic (exact) mass is 434 g/mol. The fourth-order valence-electron chi connectivity index (χ4n) is 3.33. The van der Waals surface area contributed by atoms with Gasteiger partial charge in [-0.05, 0) is 35.4 Å². The molecule has 0 aliphatic rings. The number of aliphatic hydroxyl groups is 1. The lowest BCUT2D eigenvalue weighted by Crippen LogP contribution is -2.37. The highest BCUT2D eigenvalue weighted by Gasteiger charge is 2.14. The van der Waals surface area contributed by atoms with Gasteiger partial charge in [0.1, 0.15) is 30.8 Å². The Bertz CT molecular complexity index is 933. The molecule has 1 amide bonds. The van der Waals surface area contributed by atoms with E-state index in [1.165, 1.54) is 5.56 Å². The predicted molar refractivity (Wildman–Crippen MR) is 124 cm³/mol. The van der Waals surface area contributed by atoms with Crippen molar-refractivity contribution in [3.63, 3.8) is 0 Å². The molecule has 32 heavy (non-hydrogen) atoms. The minimum atomic E-state index is -0.632. The molecule has 3 aromatic carbocycles. The summed E-state index contributed by atoms with van der Waals surface area (Å²) < 4.78 is 11.6. The summed E-state index contributed by atoms with van der Waals surface area (Å²) in [4.78, 5) is 13.2. The first-order valence-electron chi connectivity index (χ1n) is 10.7. The van der Waals surface area contributed by atoms with Gasteiger partial charge in [0.05, 0.1) is 6.42 Å². The van der Waals surface area contributed by atoms with Crippen LogP contribution in [-0.2, 0) is 17.8 Å². The second-order valence-electron chi connectivity index (χ2n) is 7.63. The maximum Gasteiger partial charge on any atom is 0.221 e. The zero-order valence-corrected chi connectivity index (χ0v) is 18.1. The van der Waals surface area contributed by atoms with Crippen LogP contribution in [0, 0.1) is 0 Å². The standard InChI is InChI=1S/C26H30N2O4/c27-26(30)17-21-11-13-25(14-12-21)31-16-15-28(18-22-7-3-1-4-8-22)19-23(29)20-32-24-9-5-2-6-10-24/h1-14,23,29H,15-20H2,(H2,27,30). The smallest absolute Gasteiger partial charge is 0.221 e. The molecule has 0 aliphatic carbocycles. The molecule has 0 radical (unpaired) electrons. The summed E-state index contributed by atoms with van der Waals surface area (Å²) in [6.07, 6.45) is -0.416. The van der Waals surface area contributed by atoms with Gasteiger partial charge in [0.2, 0.25) is 5.91 Å². The van der Waals surface area contributed by atoms with Crippen molar-refractivity contribution < 1.29 is 19.4 Å². The van der Waals surface area contributed by atoms with Crippen molar-refractivity contribution in [1.29, 1.82) is 0 Å². The molecule has 3 aromatic rings. The lowest BCUT2D eigenvalue weighted by Gasteiger charge is -2.25. The van der Waals surface area contributed by atoms with E-state index in [4.69, 9.17) is 15.2 Å². The average molecular weight is 435 g/mol. The molecule has 0 spiro atoms. The second kappa shape index (κ2) is 12.5. The highest BCUT2D eigenvalue weighted by atomic mass is 16.5. The van der Waals surface area contributed by atoms with Crippen molar-refractivity contribution >= 4 is 5.91 Å². The molecule has 1 unspecified atom stereocenters. The summed E-state index contributed by atoms with van der Waals surface area (Å²) in [5.41, 5.74) is 7.25. The summed E-state index contributed by atoms with van der Waals surface area (Å²) >= 11 is 0. The molecular weight excluding hydrogens is 404 g/mol. The number of ether oxygens (including phenoxy) is 2. The van der Waals surface area contributed by atoms with Gasteiger partial charge < -0.3 is 20.3 Å². The van der Waals surface area contributed by atoms with Crippen molar-refractivity contribution in [2.45, 2.75) is 19.1 Å². The SMILES string of the molecule is NC(=O)Cc1ccc(OCCN(Cc2ccccc2)CC(O)COc2ccccc2)cc1. The van der Waals surface area contributed by atoms with Crippen LogP contribution in [0.15, 0.2) is 84.9 Å². The van der Waals surface area contributed by atoms with Crippen molar-refractivity contribution in [3.05, 3.63) is 96.1 Å². The minimum absolute atomic E-state index is 0.216. The van der Waals surface area contributed by atoms with Gasteiger partial charge in [-0.3, -0.25) is 9.69 Å². The van der Waals surface area contributed by atoms with E-state index >= 15 is 0 Å². The lowest BCUT2D eigenvalue weighted by atomic mass is 10.1. The summed E-state index contributed by atoms with van der Waals surface area (Å²) in [7, 11) is 0. The molecule has 0 aliphatic heterocycles. The Morgan fingerprint density at radius 2 is 1.47 bits per heavy atom. The highest BCUT2D eigenvalue weighted by Crippen LogP contribution is 2.14. The quantitative estimate of drug-likeness (QED) is 0.432. The number of primary amides is 1. The molecule has 0 fully saturated rings. The first-order valence-corrected chi connectivity index (χ1v) is 10.7. The zero-order valence-electron chi connectivity index (χ0n) is 18.1. The number of hydrogen-bond acceptors (Lipinski definition) is 5. The summed E-state index contributed by atoms with van der Waals surface area (Å²) in [5.74, 6) is 1.11. The Hall–Kier alpha value is -3.35. The Balaban J connectivity index is 1.52. The molecule has 0 heterocycles. The van der Waals surface area contributed by atoms with Gasteiger partial charge in [0, 0.05) is 19.6 Å². The molecule has 0 aromatic heterocycles. The molecule has 168 valence electrons. The third-order valence-corrected chi connectivity index (χ3v) is 4.88. The number of nitrogens with two attached hydrogens (primary N) is 1. The normalized spacial score (nSPS) is 11.8. The van der Waals surface area contributed by atoms with E-state index in [-0.39, 0.29) is 18.9 Å². The van der Waals surface area contributed by atoms with Gasteiger partial charge in [-0.25, -0.2) is 0 Å². The highest BCUT2D eigenvalue weighted by molar-refractivity contribution is 5.76. The maximum atomic E-state index is 11.0. The number of para-hydroxylation sites is 1. The van der Waals surface area contributed by atoms with Crippen LogP contribution in [0.1, 0.15) is 11.1 Å². The average Bonchev–Trinajstić information content (AvgIpc) is 2.80. The minimum Gasteiger partial charge on any atom is -0.492 e. The van der Waals surface area contributed by atoms with E-state index in [0.29, 0.717) is 26.2 Å². The molecule has 0 bridgehead atoms. The predicted octanol–water partition coefficient (Wildman–Crippen LogP) is 3.04. The van der Waals surface area contributed by atoms with Crippen molar-refractivity contribution in [3.8, 4) is 11.5 Å². The first-order chi connectivity index (χ1) is 15.6. The maximum absolute atomic E-state index is 11.0. The molecule has 0 saturated carbocycles. The number of aliphatic hydroxyl groups excluding tert-OH is 1. The fourth-order valence-corrected chi connectivity index (χ4v) is 3.33. The van der Waals surface area contributed by atoms with Crippen LogP contribution >= 0.6 is 0 Å². The van der Waals surface area contributed by atoms with E-state index in [1.807, 2.05) is 72.8 Å². The van der Waals surface area contributed by atoms with E-state index in [1.54, 1.807) is 0 Å². The number of benzene rings is 3. The lowest BCUT2D eigenvalue weighted by molar-refractivity contribution is -0.117. The molecule has 6 heteroatoms. The van der Waals surface area contributed by atoms with E-state index in [0.717, 1.165) is 17.1 Å². The van der Waals surface area contributed by atoms with Crippen LogP contribution in [0.25, 0.3) is 0 Å². The first kappa shape index (κ1) is 23.3. The molecule has 1 atom stereocenters. The van der Waals surface area contributed by atoms with Crippen LogP contribution in [-0.4, -0.2) is 48.3 Å². The Morgan fingerprint density at radius 1 is 0.844 bits per heavy atom. The van der Waals surface area contributed by atoms with Crippen LogP contribution in [0.2, 0.25) is 0 Å². The van der Waals surface area contributed by atoms with E-state index < -0.39 is 6.10 Å². The van der Waals surface area contributed by atoms with Gasteiger partial charge in [-0.15, -0.1) is 0 Å². The number of carbonyl (C=O) groups excluding carboxylic acids is 1. The molecule has 6 nitrogen and oxygen atoms in total. The number of hydrogen-bond donors (Lipinski definition) is 2. The number of amides is 1. The Kier molecular flexibility index (Phi) is 9.10. The summed E-state index contributed by atoms with van der Waals surface area (Å²) in [6.45, 7) is 2.48. The topological polar surface area (TPSA) is 85.0 Å². The third kappa shape index (κ3) is 8.41. The van der Waals surface area contributed by atoms with Crippen LogP contribution < -0.4 is 15.2 Å². The molecule has 3 N–H and O–H groups in total. The van der Waals surface area contributed by atoms with Crippen molar-refractivity contribution in [2.75, 3.05) is 26.3 Å². The third-order valence-electron chi connectivity index (χ3n) is 4.88. The van der Waals surface area contributed by atoms with Gasteiger partial charge in [-0.2, -0.15) is 0 Å². The van der Waals surface area contributed by atoms with Crippen LogP contribution in [0.4, 0.5) is 0 Å². The van der Waals surface area contributed by atoms with Crippen molar-refractivity contribution in [1.82, 2.24) is 4.90 Å². The van der Waals surface area contributed by atoms with Gasteiger partial charge in [0.15, 0.2) is 0 Å². The van der Waals surface area contributed by atoms with Gasteiger partial charge >= 0.3 is 0 Å². The van der Waals surface area contributed by atoms with E-state index in [9.17, 15) is 9.90 Å². The van der Waals surface area contributed by atoms with Gasteiger partial charge in [0.25, 0.3) is 0 Å².